The zero-order valence-corrected chi connectivity index (χ0v) is 15.6. The molecule has 2 rings (SSSR count). The Morgan fingerprint density at radius 1 is 0.962 bits per heavy atom. The van der Waals surface area contributed by atoms with Crippen LogP contribution in [0.5, 0.6) is 0 Å². The average Bonchev–Trinajstić information content (AvgIpc) is 2.70. The Hall–Kier alpha value is -1.92. The molecule has 0 saturated carbocycles. The normalized spacial score (nSPS) is 16.1. The van der Waals surface area contributed by atoms with E-state index in [1.165, 1.54) is 0 Å². The van der Waals surface area contributed by atoms with Crippen molar-refractivity contribution < 1.29 is 28.5 Å². The van der Waals surface area contributed by atoms with E-state index in [-0.39, 0.29) is 24.8 Å². The molecule has 0 N–H and O–H groups in total. The van der Waals surface area contributed by atoms with Crippen LogP contribution in [0.15, 0.2) is 24.3 Å². The lowest BCUT2D eigenvalue weighted by Crippen LogP contribution is -2.41. The van der Waals surface area contributed by atoms with Gasteiger partial charge in [0.2, 0.25) is 0 Å². The minimum absolute atomic E-state index is 0.240. The highest BCUT2D eigenvalue weighted by molar-refractivity contribution is 5.93. The number of ether oxygens (including phenoxy) is 4. The summed E-state index contributed by atoms with van der Waals surface area (Å²) in [5.74, 6) is -0.797. The molecule has 0 bridgehead atoms. The van der Waals surface area contributed by atoms with Crippen molar-refractivity contribution >= 4 is 11.9 Å². The maximum Gasteiger partial charge on any atom is 0.338 e. The third kappa shape index (κ3) is 5.81. The number of carbonyl (C=O) groups excluding carboxylic acids is 2. The molecule has 0 amide bonds. The summed E-state index contributed by atoms with van der Waals surface area (Å²) in [5.41, 5.74) is 0.532. The minimum atomic E-state index is -0.425. The van der Waals surface area contributed by atoms with E-state index in [0.29, 0.717) is 30.9 Å². The van der Waals surface area contributed by atoms with Gasteiger partial charge in [0.25, 0.3) is 0 Å². The van der Waals surface area contributed by atoms with Crippen molar-refractivity contribution in [2.45, 2.75) is 39.5 Å². The van der Waals surface area contributed by atoms with E-state index < -0.39 is 5.97 Å². The number of unbranched alkanes of at least 4 members (excludes halogenated alkanes) is 2. The lowest BCUT2D eigenvalue weighted by Gasteiger charge is -2.35. The highest BCUT2D eigenvalue weighted by atomic mass is 16.7. The van der Waals surface area contributed by atoms with Gasteiger partial charge in [-0.3, -0.25) is 0 Å². The van der Waals surface area contributed by atoms with E-state index in [1.807, 2.05) is 6.92 Å². The summed E-state index contributed by atoms with van der Waals surface area (Å²) in [6.45, 7) is 6.08. The van der Waals surface area contributed by atoms with Crippen molar-refractivity contribution in [1.82, 2.24) is 0 Å². The molecule has 1 aliphatic rings. The number of hydrogen-bond acceptors (Lipinski definition) is 6. The van der Waals surface area contributed by atoms with E-state index >= 15 is 0 Å². The number of carbonyl (C=O) groups is 2. The summed E-state index contributed by atoms with van der Waals surface area (Å²) < 4.78 is 21.3. The summed E-state index contributed by atoms with van der Waals surface area (Å²) in [5, 5.41) is 0. The maximum atomic E-state index is 12.3. The van der Waals surface area contributed by atoms with E-state index in [9.17, 15) is 9.59 Å². The van der Waals surface area contributed by atoms with Crippen LogP contribution in [-0.2, 0) is 18.9 Å². The van der Waals surface area contributed by atoms with Crippen LogP contribution in [-0.4, -0.2) is 45.2 Å². The lowest BCUT2D eigenvalue weighted by atomic mass is 9.87. The van der Waals surface area contributed by atoms with Crippen LogP contribution in [0, 0.1) is 5.41 Å². The Morgan fingerprint density at radius 2 is 1.54 bits per heavy atom. The first kappa shape index (κ1) is 20.4. The number of hydrogen-bond donors (Lipinski definition) is 0. The molecule has 0 aliphatic carbocycles. The van der Waals surface area contributed by atoms with Gasteiger partial charge in [-0.2, -0.15) is 0 Å². The molecule has 1 fully saturated rings. The van der Waals surface area contributed by atoms with E-state index in [2.05, 4.69) is 6.92 Å². The van der Waals surface area contributed by atoms with Crippen LogP contribution >= 0.6 is 0 Å². The Balaban J connectivity index is 1.85. The molecule has 1 heterocycles. The number of benzene rings is 1. The van der Waals surface area contributed by atoms with Crippen LogP contribution in [0.1, 0.15) is 60.2 Å². The van der Waals surface area contributed by atoms with Crippen LogP contribution in [0.4, 0.5) is 0 Å². The van der Waals surface area contributed by atoms with Crippen LogP contribution in [0.25, 0.3) is 0 Å². The molecule has 1 saturated heterocycles. The summed E-state index contributed by atoms with van der Waals surface area (Å²) in [4.78, 5) is 24.2. The fourth-order valence-electron chi connectivity index (χ4n) is 2.65. The molecule has 0 radical (unpaired) electrons. The second kappa shape index (κ2) is 10.3. The van der Waals surface area contributed by atoms with Crippen molar-refractivity contribution in [3.8, 4) is 0 Å². The fraction of sp³-hybridized carbons (Fsp3) is 0.600. The zero-order valence-electron chi connectivity index (χ0n) is 15.6. The van der Waals surface area contributed by atoms with Crippen molar-refractivity contribution in [3.05, 3.63) is 35.4 Å². The van der Waals surface area contributed by atoms with Gasteiger partial charge in [0.15, 0.2) is 0 Å². The molecule has 144 valence electrons. The van der Waals surface area contributed by atoms with Gasteiger partial charge in [-0.05, 0) is 37.1 Å². The standard InChI is InChI=1S/C20H28O6/c1-3-5-6-11-25-18(21)16-7-9-17(10-8-16)19(22)26-14-20(4-2)12-23-15-24-13-20/h7-10H,3-6,11-15H2,1-2H3. The molecule has 1 aliphatic heterocycles. The first-order valence-electron chi connectivity index (χ1n) is 9.20. The first-order chi connectivity index (χ1) is 12.6. The molecule has 0 spiro atoms. The van der Waals surface area contributed by atoms with Crippen LogP contribution < -0.4 is 0 Å². The van der Waals surface area contributed by atoms with Crippen molar-refractivity contribution in [2.75, 3.05) is 33.2 Å². The van der Waals surface area contributed by atoms with Gasteiger partial charge in [-0.25, -0.2) is 9.59 Å². The Bertz CT molecular complexity index is 574. The van der Waals surface area contributed by atoms with Gasteiger partial charge < -0.3 is 18.9 Å². The Morgan fingerprint density at radius 3 is 2.08 bits per heavy atom. The monoisotopic (exact) mass is 364 g/mol. The fourth-order valence-corrected chi connectivity index (χ4v) is 2.65. The van der Waals surface area contributed by atoms with E-state index in [1.54, 1.807) is 24.3 Å². The molecular weight excluding hydrogens is 336 g/mol. The molecule has 6 nitrogen and oxygen atoms in total. The molecule has 0 unspecified atom stereocenters. The molecule has 0 aromatic heterocycles. The lowest BCUT2D eigenvalue weighted by molar-refractivity contribution is -0.177. The largest absolute Gasteiger partial charge is 0.462 e. The summed E-state index contributed by atoms with van der Waals surface area (Å²) in [7, 11) is 0. The SMILES string of the molecule is CCCCCOC(=O)c1ccc(C(=O)OCC2(CC)COCOC2)cc1. The summed E-state index contributed by atoms with van der Waals surface area (Å²) in [6, 6.07) is 6.33. The molecular formula is C20H28O6. The summed E-state index contributed by atoms with van der Waals surface area (Å²) in [6.07, 6.45) is 3.77. The third-order valence-electron chi connectivity index (χ3n) is 4.58. The molecule has 6 heteroatoms. The van der Waals surface area contributed by atoms with Gasteiger partial charge in [-0.1, -0.05) is 26.7 Å². The third-order valence-corrected chi connectivity index (χ3v) is 4.58. The van der Waals surface area contributed by atoms with E-state index in [4.69, 9.17) is 18.9 Å². The van der Waals surface area contributed by atoms with E-state index in [0.717, 1.165) is 25.7 Å². The second-order valence-electron chi connectivity index (χ2n) is 6.66. The zero-order chi connectivity index (χ0) is 18.8. The highest BCUT2D eigenvalue weighted by Gasteiger charge is 2.33. The topological polar surface area (TPSA) is 71.1 Å². The van der Waals surface area contributed by atoms with Gasteiger partial charge in [0.05, 0.1) is 36.4 Å². The van der Waals surface area contributed by atoms with Crippen molar-refractivity contribution in [2.24, 2.45) is 5.41 Å². The molecule has 1 aromatic rings. The van der Waals surface area contributed by atoms with Gasteiger partial charge in [0, 0.05) is 0 Å². The molecule has 0 atom stereocenters. The van der Waals surface area contributed by atoms with Crippen molar-refractivity contribution in [1.29, 1.82) is 0 Å². The van der Waals surface area contributed by atoms with Crippen LogP contribution in [0.3, 0.4) is 0 Å². The smallest absolute Gasteiger partial charge is 0.338 e. The van der Waals surface area contributed by atoms with Gasteiger partial charge in [-0.15, -0.1) is 0 Å². The summed E-state index contributed by atoms with van der Waals surface area (Å²) >= 11 is 0. The number of rotatable bonds is 9. The predicted molar refractivity (Wildman–Crippen MR) is 96.0 cm³/mol. The second-order valence-corrected chi connectivity index (χ2v) is 6.66. The molecule has 1 aromatic carbocycles. The molecule has 26 heavy (non-hydrogen) atoms. The average molecular weight is 364 g/mol. The first-order valence-corrected chi connectivity index (χ1v) is 9.20. The Kier molecular flexibility index (Phi) is 8.06. The van der Waals surface area contributed by atoms with Crippen LogP contribution in [0.2, 0.25) is 0 Å². The number of esters is 2. The quantitative estimate of drug-likeness (QED) is 0.493. The predicted octanol–water partition coefficient (Wildman–Crippen LogP) is 3.59. The minimum Gasteiger partial charge on any atom is -0.462 e. The van der Waals surface area contributed by atoms with Gasteiger partial charge in [0.1, 0.15) is 13.4 Å². The highest BCUT2D eigenvalue weighted by Crippen LogP contribution is 2.27. The van der Waals surface area contributed by atoms with Gasteiger partial charge >= 0.3 is 11.9 Å². The van der Waals surface area contributed by atoms with Crippen molar-refractivity contribution in [3.63, 3.8) is 0 Å². The maximum absolute atomic E-state index is 12.3. The Labute approximate surface area is 154 Å².